The lowest BCUT2D eigenvalue weighted by molar-refractivity contribution is 0.510. The molecule has 3 heteroatoms. The van der Waals surface area contributed by atoms with Crippen molar-refractivity contribution in [2.24, 2.45) is 10.1 Å². The molecule has 0 fully saturated rings. The highest BCUT2D eigenvalue weighted by molar-refractivity contribution is 6.01. The predicted molar refractivity (Wildman–Crippen MR) is 66.2 cm³/mol. The van der Waals surface area contributed by atoms with Crippen LogP contribution in [0.1, 0.15) is 5.56 Å². The zero-order valence-electron chi connectivity index (χ0n) is 8.74. The van der Waals surface area contributed by atoms with Crippen molar-refractivity contribution in [1.82, 2.24) is 5.01 Å². The molecule has 0 atom stereocenters. The molecular weight excluding hydrogens is 198 g/mol. The summed E-state index contributed by atoms with van der Waals surface area (Å²) in [6.45, 7) is 0.755. The second-order valence-electron chi connectivity index (χ2n) is 3.70. The molecule has 1 aromatic carbocycles. The number of rotatable bonds is 1. The lowest BCUT2D eigenvalue weighted by Crippen LogP contribution is -2.21. The molecule has 2 aliphatic rings. The summed E-state index contributed by atoms with van der Waals surface area (Å²) < 4.78 is 0. The number of benzene rings is 1. The quantitative estimate of drug-likeness (QED) is 0.697. The summed E-state index contributed by atoms with van der Waals surface area (Å²) >= 11 is 0. The number of hydrazone groups is 1. The van der Waals surface area contributed by atoms with Crippen LogP contribution < -0.4 is 0 Å². The molecule has 3 rings (SSSR count). The average Bonchev–Trinajstić information content (AvgIpc) is 2.72. The van der Waals surface area contributed by atoms with Crippen molar-refractivity contribution in [2.75, 3.05) is 6.54 Å². The van der Waals surface area contributed by atoms with E-state index in [1.807, 2.05) is 35.4 Å². The molecule has 0 spiro atoms. The first kappa shape index (κ1) is 9.09. The van der Waals surface area contributed by atoms with E-state index in [-0.39, 0.29) is 0 Å². The highest BCUT2D eigenvalue weighted by Crippen LogP contribution is 2.18. The summed E-state index contributed by atoms with van der Waals surface area (Å²) in [4.78, 5) is 4.51. The number of hydrogen-bond donors (Lipinski definition) is 0. The smallest absolute Gasteiger partial charge is 0.149 e. The molecule has 0 radical (unpaired) electrons. The molecule has 0 amide bonds. The van der Waals surface area contributed by atoms with Crippen LogP contribution in [-0.2, 0) is 0 Å². The molecule has 0 saturated heterocycles. The molecule has 0 N–H and O–H groups in total. The van der Waals surface area contributed by atoms with E-state index in [4.69, 9.17) is 0 Å². The number of fused-ring (bicyclic) bond motifs is 1. The first-order chi connectivity index (χ1) is 7.92. The maximum absolute atomic E-state index is 4.51. The zero-order valence-corrected chi connectivity index (χ0v) is 8.74. The topological polar surface area (TPSA) is 28.0 Å². The lowest BCUT2D eigenvalue weighted by Gasteiger charge is -2.12. The van der Waals surface area contributed by atoms with Crippen molar-refractivity contribution in [3.8, 4) is 0 Å². The number of aliphatic imine (C=N–C) groups is 1. The summed E-state index contributed by atoms with van der Waals surface area (Å²) in [5.74, 6) is 0.921. The van der Waals surface area contributed by atoms with E-state index < -0.39 is 0 Å². The molecule has 0 aromatic heterocycles. The first-order valence-electron chi connectivity index (χ1n) is 5.24. The van der Waals surface area contributed by atoms with Crippen LogP contribution in [0.2, 0.25) is 0 Å². The second kappa shape index (κ2) is 3.77. The Morgan fingerprint density at radius 3 is 2.88 bits per heavy atom. The third kappa shape index (κ3) is 1.67. The van der Waals surface area contributed by atoms with Gasteiger partial charge in [0.25, 0.3) is 0 Å². The van der Waals surface area contributed by atoms with Crippen LogP contribution in [-0.4, -0.2) is 23.6 Å². The minimum Gasteiger partial charge on any atom is -0.242 e. The van der Waals surface area contributed by atoms with Crippen LogP contribution in [0.5, 0.6) is 0 Å². The van der Waals surface area contributed by atoms with Crippen LogP contribution >= 0.6 is 0 Å². The van der Waals surface area contributed by atoms with Gasteiger partial charge in [0.1, 0.15) is 5.84 Å². The van der Waals surface area contributed by atoms with Gasteiger partial charge in [-0.1, -0.05) is 30.3 Å². The Balaban J connectivity index is 1.89. The van der Waals surface area contributed by atoms with Gasteiger partial charge in [-0.25, -0.2) is 10.0 Å². The van der Waals surface area contributed by atoms with Crippen LogP contribution in [0, 0.1) is 0 Å². The van der Waals surface area contributed by atoms with Gasteiger partial charge in [-0.15, -0.1) is 0 Å². The van der Waals surface area contributed by atoms with Gasteiger partial charge in [0.2, 0.25) is 0 Å². The van der Waals surface area contributed by atoms with E-state index >= 15 is 0 Å². The van der Waals surface area contributed by atoms with Crippen LogP contribution in [0.15, 0.2) is 58.3 Å². The molecule has 78 valence electrons. The Morgan fingerprint density at radius 2 is 2.06 bits per heavy atom. The van der Waals surface area contributed by atoms with Crippen molar-refractivity contribution in [1.29, 1.82) is 0 Å². The Hall–Kier alpha value is -2.16. The Kier molecular flexibility index (Phi) is 2.14. The Morgan fingerprint density at radius 1 is 1.19 bits per heavy atom. The number of nitrogens with zero attached hydrogens (tertiary/aromatic N) is 3. The van der Waals surface area contributed by atoms with Crippen molar-refractivity contribution in [3.05, 3.63) is 53.7 Å². The van der Waals surface area contributed by atoms with Crippen LogP contribution in [0.3, 0.4) is 0 Å². The fraction of sp³-hybridized carbons (Fsp3) is 0.0769. The fourth-order valence-corrected chi connectivity index (χ4v) is 1.77. The maximum atomic E-state index is 4.51. The lowest BCUT2D eigenvalue weighted by atomic mass is 10.2. The van der Waals surface area contributed by atoms with Gasteiger partial charge in [-0.05, 0) is 23.8 Å². The molecule has 0 saturated carbocycles. The fourth-order valence-electron chi connectivity index (χ4n) is 1.77. The van der Waals surface area contributed by atoms with Crippen molar-refractivity contribution < 1.29 is 0 Å². The summed E-state index contributed by atoms with van der Waals surface area (Å²) in [5.41, 5.74) is 2.22. The van der Waals surface area contributed by atoms with E-state index in [0.717, 1.165) is 18.1 Å². The number of hydrogen-bond acceptors (Lipinski definition) is 3. The van der Waals surface area contributed by atoms with Crippen molar-refractivity contribution in [2.45, 2.75) is 0 Å². The molecule has 0 unspecified atom stereocenters. The average molecular weight is 209 g/mol. The van der Waals surface area contributed by atoms with E-state index in [9.17, 15) is 0 Å². The van der Waals surface area contributed by atoms with E-state index in [0.29, 0.717) is 0 Å². The largest absolute Gasteiger partial charge is 0.242 e. The van der Waals surface area contributed by atoms with Crippen LogP contribution in [0.4, 0.5) is 0 Å². The van der Waals surface area contributed by atoms with Gasteiger partial charge in [0.15, 0.2) is 0 Å². The monoisotopic (exact) mass is 209 g/mol. The molecule has 2 heterocycles. The summed E-state index contributed by atoms with van der Waals surface area (Å²) in [6, 6.07) is 10.2. The predicted octanol–water partition coefficient (Wildman–Crippen LogP) is 2.30. The molecule has 16 heavy (non-hydrogen) atoms. The minimum absolute atomic E-state index is 0.755. The van der Waals surface area contributed by atoms with Crippen molar-refractivity contribution >= 4 is 18.1 Å². The van der Waals surface area contributed by atoms with E-state index in [1.165, 1.54) is 5.56 Å². The Labute approximate surface area is 94.1 Å². The molecule has 3 nitrogen and oxygen atoms in total. The standard InChI is InChI=1S/C13H11N3/c1-2-5-11(6-3-1)9-12-10-16-13(15-12)7-4-8-14-16/h1-9H,10H2. The van der Waals surface area contributed by atoms with E-state index in [2.05, 4.69) is 28.3 Å². The van der Waals surface area contributed by atoms with Gasteiger partial charge in [-0.3, -0.25) is 0 Å². The number of amidine groups is 1. The van der Waals surface area contributed by atoms with Gasteiger partial charge in [0, 0.05) is 6.21 Å². The minimum atomic E-state index is 0.755. The Bertz CT molecular complexity index is 509. The van der Waals surface area contributed by atoms with E-state index in [1.54, 1.807) is 6.21 Å². The third-order valence-corrected chi connectivity index (χ3v) is 2.50. The molecule has 1 aromatic rings. The first-order valence-corrected chi connectivity index (χ1v) is 5.24. The third-order valence-electron chi connectivity index (χ3n) is 2.50. The maximum Gasteiger partial charge on any atom is 0.149 e. The highest BCUT2D eigenvalue weighted by atomic mass is 15.5. The van der Waals surface area contributed by atoms with Crippen LogP contribution in [0.25, 0.3) is 6.08 Å². The summed E-state index contributed by atoms with van der Waals surface area (Å²) in [7, 11) is 0. The SMILES string of the molecule is C1=CC2=NC(=Cc3ccccc3)CN2N=C1. The van der Waals surface area contributed by atoms with Gasteiger partial charge in [-0.2, -0.15) is 5.10 Å². The second-order valence-corrected chi connectivity index (χ2v) is 3.70. The molecule has 0 aliphatic carbocycles. The summed E-state index contributed by atoms with van der Waals surface area (Å²) in [5, 5.41) is 6.13. The molecule has 2 aliphatic heterocycles. The summed E-state index contributed by atoms with van der Waals surface area (Å²) in [6.07, 6.45) is 7.75. The van der Waals surface area contributed by atoms with Gasteiger partial charge < -0.3 is 0 Å². The van der Waals surface area contributed by atoms with Gasteiger partial charge in [0.05, 0.1) is 12.2 Å². The van der Waals surface area contributed by atoms with Gasteiger partial charge >= 0.3 is 0 Å². The normalized spacial score (nSPS) is 20.1. The number of allylic oxidation sites excluding steroid dienone is 1. The van der Waals surface area contributed by atoms with Crippen molar-refractivity contribution in [3.63, 3.8) is 0 Å². The molecule has 0 bridgehead atoms. The molecular formula is C13H11N3. The zero-order chi connectivity index (χ0) is 10.8. The highest BCUT2D eigenvalue weighted by Gasteiger charge is 2.18.